The number of aryl methyl sites for hydroxylation is 1. The van der Waals surface area contributed by atoms with Crippen LogP contribution in [0.1, 0.15) is 24.0 Å². The summed E-state index contributed by atoms with van der Waals surface area (Å²) >= 11 is 0. The van der Waals surface area contributed by atoms with Crippen LogP contribution < -0.4 is 5.32 Å². The third-order valence-electron chi connectivity index (χ3n) is 4.67. The lowest BCUT2D eigenvalue weighted by Gasteiger charge is -2.31. The first-order chi connectivity index (χ1) is 12.0. The fourth-order valence-corrected chi connectivity index (χ4v) is 3.13. The highest BCUT2D eigenvalue weighted by atomic mass is 19.1. The van der Waals surface area contributed by atoms with Gasteiger partial charge >= 0.3 is 0 Å². The minimum atomic E-state index is -0.745. The summed E-state index contributed by atoms with van der Waals surface area (Å²) in [5.74, 6) is -1.73. The van der Waals surface area contributed by atoms with Crippen LogP contribution in [0.3, 0.4) is 0 Å². The molecule has 0 atom stereocenters. The summed E-state index contributed by atoms with van der Waals surface area (Å²) in [7, 11) is 0. The molecule has 5 heteroatoms. The van der Waals surface area contributed by atoms with E-state index < -0.39 is 11.6 Å². The smallest absolute Gasteiger partial charge is 0.227 e. The molecule has 2 aromatic rings. The highest BCUT2D eigenvalue weighted by Crippen LogP contribution is 2.22. The third-order valence-corrected chi connectivity index (χ3v) is 4.67. The molecule has 1 aliphatic rings. The van der Waals surface area contributed by atoms with E-state index in [0.29, 0.717) is 0 Å². The molecule has 132 valence electrons. The molecule has 0 spiro atoms. The number of hydrogen-bond donors (Lipinski definition) is 1. The molecule has 1 heterocycles. The van der Waals surface area contributed by atoms with Crippen molar-refractivity contribution in [3.05, 3.63) is 65.2 Å². The largest absolute Gasteiger partial charge is 0.323 e. The molecular formula is C20H22F2N2O. The van der Waals surface area contributed by atoms with E-state index in [2.05, 4.69) is 41.4 Å². The first kappa shape index (κ1) is 17.5. The Morgan fingerprint density at radius 1 is 1.12 bits per heavy atom. The van der Waals surface area contributed by atoms with Crippen LogP contribution >= 0.6 is 0 Å². The Bertz CT molecular complexity index is 738. The maximum atomic E-state index is 13.6. The van der Waals surface area contributed by atoms with E-state index in [0.717, 1.165) is 44.6 Å². The second kappa shape index (κ2) is 7.74. The number of carbonyl (C=O) groups is 1. The van der Waals surface area contributed by atoms with Crippen molar-refractivity contribution in [3.63, 3.8) is 0 Å². The summed E-state index contributed by atoms with van der Waals surface area (Å²) in [5.41, 5.74) is 2.54. The van der Waals surface area contributed by atoms with Gasteiger partial charge in [-0.3, -0.25) is 9.69 Å². The highest BCUT2D eigenvalue weighted by molar-refractivity contribution is 5.92. The van der Waals surface area contributed by atoms with E-state index in [9.17, 15) is 13.6 Å². The number of anilines is 1. The van der Waals surface area contributed by atoms with E-state index in [1.807, 2.05) is 0 Å². The van der Waals surface area contributed by atoms with E-state index in [1.54, 1.807) is 0 Å². The fraction of sp³-hybridized carbons (Fsp3) is 0.350. The van der Waals surface area contributed by atoms with Crippen molar-refractivity contribution in [3.8, 4) is 0 Å². The average molecular weight is 344 g/mol. The number of carbonyl (C=O) groups excluding carboxylic acids is 1. The lowest BCUT2D eigenvalue weighted by Crippen LogP contribution is -2.37. The Hall–Kier alpha value is -2.27. The van der Waals surface area contributed by atoms with Gasteiger partial charge in [0.25, 0.3) is 0 Å². The zero-order valence-corrected chi connectivity index (χ0v) is 14.3. The lowest BCUT2D eigenvalue weighted by atomic mass is 9.95. The molecule has 3 rings (SSSR count). The number of likely N-dealkylation sites (tertiary alicyclic amines) is 1. The van der Waals surface area contributed by atoms with Gasteiger partial charge in [0.05, 0.1) is 5.69 Å². The van der Waals surface area contributed by atoms with E-state index >= 15 is 0 Å². The van der Waals surface area contributed by atoms with Crippen molar-refractivity contribution in [1.29, 1.82) is 0 Å². The number of piperidine rings is 1. The molecule has 25 heavy (non-hydrogen) atoms. The van der Waals surface area contributed by atoms with Crippen LogP contribution in [0.5, 0.6) is 0 Å². The van der Waals surface area contributed by atoms with Gasteiger partial charge in [0.15, 0.2) is 0 Å². The standard InChI is InChI=1S/C20H22F2N2O/c1-14-2-4-15(5-3-14)13-24-10-8-16(9-11-24)20(25)23-19-7-6-17(21)12-18(19)22/h2-7,12,16H,8-11,13H2,1H3,(H,23,25). The quantitative estimate of drug-likeness (QED) is 0.905. The van der Waals surface area contributed by atoms with Gasteiger partial charge < -0.3 is 5.32 Å². The highest BCUT2D eigenvalue weighted by Gasteiger charge is 2.25. The first-order valence-corrected chi connectivity index (χ1v) is 8.55. The topological polar surface area (TPSA) is 32.3 Å². The molecule has 1 N–H and O–H groups in total. The van der Waals surface area contributed by atoms with Crippen molar-refractivity contribution in [2.24, 2.45) is 5.92 Å². The van der Waals surface area contributed by atoms with Gasteiger partial charge in [-0.2, -0.15) is 0 Å². The van der Waals surface area contributed by atoms with Gasteiger partial charge in [0.1, 0.15) is 11.6 Å². The minimum absolute atomic E-state index is 0.0356. The molecule has 1 saturated heterocycles. The molecular weight excluding hydrogens is 322 g/mol. The fourth-order valence-electron chi connectivity index (χ4n) is 3.13. The molecule has 0 saturated carbocycles. The van der Waals surface area contributed by atoms with Gasteiger partial charge in [-0.15, -0.1) is 0 Å². The molecule has 1 aliphatic heterocycles. The number of amides is 1. The van der Waals surface area contributed by atoms with Gasteiger partial charge in [0, 0.05) is 18.5 Å². The molecule has 0 aromatic heterocycles. The van der Waals surface area contributed by atoms with Crippen LogP contribution in [0.25, 0.3) is 0 Å². The Labute approximate surface area is 146 Å². The number of nitrogens with zero attached hydrogens (tertiary/aromatic N) is 1. The summed E-state index contributed by atoms with van der Waals surface area (Å²) < 4.78 is 26.6. The Kier molecular flexibility index (Phi) is 5.43. The molecule has 1 fully saturated rings. The van der Waals surface area contributed by atoms with E-state index in [1.165, 1.54) is 17.2 Å². The summed E-state index contributed by atoms with van der Waals surface area (Å²) in [6, 6.07) is 11.6. The van der Waals surface area contributed by atoms with Crippen LogP contribution in [0, 0.1) is 24.5 Å². The van der Waals surface area contributed by atoms with Crippen LogP contribution in [-0.2, 0) is 11.3 Å². The first-order valence-electron chi connectivity index (χ1n) is 8.55. The number of nitrogens with one attached hydrogen (secondary N) is 1. The predicted molar refractivity (Wildman–Crippen MR) is 94.2 cm³/mol. The average Bonchev–Trinajstić information content (AvgIpc) is 2.60. The molecule has 0 unspecified atom stereocenters. The monoisotopic (exact) mass is 344 g/mol. The number of benzene rings is 2. The molecule has 0 aliphatic carbocycles. The van der Waals surface area contributed by atoms with Crippen molar-refractivity contribution in [1.82, 2.24) is 4.90 Å². The number of rotatable bonds is 4. The molecule has 2 aromatic carbocycles. The second-order valence-electron chi connectivity index (χ2n) is 6.65. The predicted octanol–water partition coefficient (Wildman–Crippen LogP) is 4.12. The van der Waals surface area contributed by atoms with Crippen molar-refractivity contribution in [2.45, 2.75) is 26.3 Å². The Morgan fingerprint density at radius 3 is 2.44 bits per heavy atom. The third kappa shape index (κ3) is 4.63. The summed E-state index contributed by atoms with van der Waals surface area (Å²) in [6.45, 7) is 4.61. The van der Waals surface area contributed by atoms with Gasteiger partial charge in [-0.05, 0) is 50.6 Å². The van der Waals surface area contributed by atoms with Gasteiger partial charge in [-0.25, -0.2) is 8.78 Å². The number of hydrogen-bond acceptors (Lipinski definition) is 2. The molecule has 1 amide bonds. The summed E-state index contributed by atoms with van der Waals surface area (Å²) in [5, 5.41) is 2.58. The zero-order chi connectivity index (χ0) is 17.8. The van der Waals surface area contributed by atoms with Crippen LogP contribution in [0.15, 0.2) is 42.5 Å². The van der Waals surface area contributed by atoms with Crippen LogP contribution in [-0.4, -0.2) is 23.9 Å². The summed E-state index contributed by atoms with van der Waals surface area (Å²) in [4.78, 5) is 14.6. The van der Waals surface area contributed by atoms with Crippen molar-refractivity contribution in [2.75, 3.05) is 18.4 Å². The molecule has 0 radical (unpaired) electrons. The second-order valence-corrected chi connectivity index (χ2v) is 6.65. The maximum Gasteiger partial charge on any atom is 0.227 e. The molecule has 0 bridgehead atoms. The van der Waals surface area contributed by atoms with Gasteiger partial charge in [0.2, 0.25) is 5.91 Å². The Morgan fingerprint density at radius 2 is 1.80 bits per heavy atom. The van der Waals surface area contributed by atoms with Crippen LogP contribution in [0.2, 0.25) is 0 Å². The van der Waals surface area contributed by atoms with Crippen LogP contribution in [0.4, 0.5) is 14.5 Å². The van der Waals surface area contributed by atoms with E-state index in [4.69, 9.17) is 0 Å². The normalized spacial score (nSPS) is 16.0. The zero-order valence-electron chi connectivity index (χ0n) is 14.3. The Balaban J connectivity index is 1.51. The van der Waals surface area contributed by atoms with E-state index in [-0.39, 0.29) is 17.5 Å². The minimum Gasteiger partial charge on any atom is -0.323 e. The molecule has 3 nitrogen and oxygen atoms in total. The van der Waals surface area contributed by atoms with Crippen molar-refractivity contribution >= 4 is 11.6 Å². The van der Waals surface area contributed by atoms with Crippen molar-refractivity contribution < 1.29 is 13.6 Å². The number of halogens is 2. The lowest BCUT2D eigenvalue weighted by molar-refractivity contribution is -0.121. The maximum absolute atomic E-state index is 13.6. The summed E-state index contributed by atoms with van der Waals surface area (Å²) in [6.07, 6.45) is 1.47. The SMILES string of the molecule is Cc1ccc(CN2CCC(C(=O)Nc3ccc(F)cc3F)CC2)cc1. The van der Waals surface area contributed by atoms with Gasteiger partial charge in [-0.1, -0.05) is 29.8 Å².